The summed E-state index contributed by atoms with van der Waals surface area (Å²) in [4.78, 5) is 12.1. The average Bonchev–Trinajstić information content (AvgIpc) is 2.72. The van der Waals surface area contributed by atoms with Crippen LogP contribution in [0.1, 0.15) is 0 Å². The Hall–Kier alpha value is -2.21. The van der Waals surface area contributed by atoms with E-state index in [1.54, 1.807) is 11.8 Å². The van der Waals surface area contributed by atoms with E-state index < -0.39 is 0 Å². The minimum Gasteiger partial charge on any atom is -0.309 e. The van der Waals surface area contributed by atoms with Crippen molar-refractivity contribution >= 4 is 45.8 Å². The van der Waals surface area contributed by atoms with E-state index in [1.165, 1.54) is 21.2 Å². The zero-order chi connectivity index (χ0) is 19.3. The van der Waals surface area contributed by atoms with Gasteiger partial charge in [0.05, 0.1) is 17.1 Å². The fourth-order valence-corrected chi connectivity index (χ4v) is 5.18. The highest BCUT2D eigenvalue weighted by Crippen LogP contribution is 2.49. The van der Waals surface area contributed by atoms with Crippen LogP contribution in [0.3, 0.4) is 0 Å². The molecular formula is C23H23N3S2. The third-order valence-corrected chi connectivity index (χ3v) is 6.42. The number of fused-ring (bicyclic) bond motifs is 2. The van der Waals surface area contributed by atoms with Crippen molar-refractivity contribution in [1.82, 2.24) is 4.90 Å². The summed E-state index contributed by atoms with van der Waals surface area (Å²) in [5.41, 5.74) is 3.36. The summed E-state index contributed by atoms with van der Waals surface area (Å²) in [5.74, 6) is 0.979. The van der Waals surface area contributed by atoms with Crippen LogP contribution < -0.4 is 4.90 Å². The minimum atomic E-state index is 0.975. The molecule has 0 N–H and O–H groups in total. The van der Waals surface area contributed by atoms with Crippen LogP contribution in [0, 0.1) is 0 Å². The third kappa shape index (κ3) is 4.27. The van der Waals surface area contributed by atoms with Gasteiger partial charge in [0.2, 0.25) is 0 Å². The highest BCUT2D eigenvalue weighted by Gasteiger charge is 2.27. The second kappa shape index (κ2) is 8.86. The lowest BCUT2D eigenvalue weighted by Gasteiger charge is -2.33. The lowest BCUT2D eigenvalue weighted by atomic mass is 10.2. The van der Waals surface area contributed by atoms with Crippen molar-refractivity contribution in [2.75, 3.05) is 31.3 Å². The Morgan fingerprint density at radius 1 is 0.857 bits per heavy atom. The van der Waals surface area contributed by atoms with Crippen LogP contribution in [0.25, 0.3) is 0 Å². The molecular weight excluding hydrogens is 382 g/mol. The summed E-state index contributed by atoms with van der Waals surface area (Å²) in [6.07, 6.45) is 0. The van der Waals surface area contributed by atoms with Crippen molar-refractivity contribution in [3.8, 4) is 0 Å². The first kappa shape index (κ1) is 19.1. The first-order chi connectivity index (χ1) is 13.7. The molecule has 0 aliphatic carbocycles. The molecule has 3 nitrogen and oxygen atoms in total. The normalized spacial score (nSPS) is 13.4. The summed E-state index contributed by atoms with van der Waals surface area (Å²) >= 11 is 3.63. The molecule has 5 heteroatoms. The number of para-hydroxylation sites is 3. The number of aliphatic imine (C=N–C) groups is 1. The van der Waals surface area contributed by atoms with Gasteiger partial charge in [0, 0.05) is 22.1 Å². The van der Waals surface area contributed by atoms with Crippen molar-refractivity contribution < 1.29 is 0 Å². The fraction of sp³-hybridized carbons (Fsp3) is 0.174. The summed E-state index contributed by atoms with van der Waals surface area (Å²) in [5, 5.41) is 1.01. The van der Waals surface area contributed by atoms with Gasteiger partial charge in [0.25, 0.3) is 0 Å². The van der Waals surface area contributed by atoms with Crippen LogP contribution in [0.5, 0.6) is 0 Å². The Labute approximate surface area is 175 Å². The van der Waals surface area contributed by atoms with E-state index in [4.69, 9.17) is 4.99 Å². The minimum absolute atomic E-state index is 0.975. The van der Waals surface area contributed by atoms with Gasteiger partial charge >= 0.3 is 0 Å². The van der Waals surface area contributed by atoms with Gasteiger partial charge in [-0.05, 0) is 50.5 Å². The molecule has 0 amide bonds. The quantitative estimate of drug-likeness (QED) is 0.376. The van der Waals surface area contributed by atoms with Crippen LogP contribution in [-0.2, 0) is 0 Å². The Morgan fingerprint density at radius 2 is 1.43 bits per heavy atom. The van der Waals surface area contributed by atoms with Gasteiger partial charge < -0.3 is 4.90 Å². The van der Waals surface area contributed by atoms with E-state index >= 15 is 0 Å². The maximum absolute atomic E-state index is 5.05. The van der Waals surface area contributed by atoms with Crippen LogP contribution in [-0.4, -0.2) is 36.5 Å². The largest absolute Gasteiger partial charge is 0.309 e. The Bertz CT molecular complexity index is 925. The fourth-order valence-electron chi connectivity index (χ4n) is 2.99. The summed E-state index contributed by atoms with van der Waals surface area (Å²) in [6.45, 7) is 1.00. The number of nitrogens with zero attached hydrogens (tertiary/aromatic N) is 3. The van der Waals surface area contributed by atoms with Crippen molar-refractivity contribution in [2.45, 2.75) is 9.79 Å². The molecule has 0 saturated carbocycles. The lowest BCUT2D eigenvalue weighted by Crippen LogP contribution is -2.27. The van der Waals surface area contributed by atoms with Crippen molar-refractivity contribution in [3.63, 3.8) is 0 Å². The number of rotatable bonds is 4. The number of hydrogen-bond acceptors (Lipinski definition) is 4. The number of thioether (sulfide) groups is 1. The second-order valence-corrected chi connectivity index (χ2v) is 8.90. The molecule has 28 heavy (non-hydrogen) atoms. The Morgan fingerprint density at radius 3 is 2.04 bits per heavy atom. The van der Waals surface area contributed by atoms with Gasteiger partial charge in [-0.3, -0.25) is 4.90 Å². The molecule has 0 spiro atoms. The summed E-state index contributed by atoms with van der Waals surface area (Å²) in [7, 11) is 4.22. The molecule has 142 valence electrons. The summed E-state index contributed by atoms with van der Waals surface area (Å²) in [6, 6.07) is 27.4. The molecule has 3 aromatic rings. The van der Waals surface area contributed by atoms with E-state index in [1.807, 2.05) is 30.0 Å². The van der Waals surface area contributed by atoms with Crippen molar-refractivity contribution in [1.29, 1.82) is 0 Å². The average molecular weight is 406 g/mol. The topological polar surface area (TPSA) is 18.8 Å². The number of hydrogen-bond donors (Lipinski definition) is 0. The highest BCUT2D eigenvalue weighted by atomic mass is 32.2. The third-order valence-electron chi connectivity index (χ3n) is 4.37. The molecule has 1 heterocycles. The molecule has 4 rings (SSSR count). The van der Waals surface area contributed by atoms with Crippen LogP contribution in [0.15, 0.2) is 93.6 Å². The zero-order valence-corrected chi connectivity index (χ0v) is 17.7. The van der Waals surface area contributed by atoms with E-state index in [2.05, 4.69) is 84.6 Å². The van der Waals surface area contributed by atoms with E-state index in [0.717, 1.165) is 23.2 Å². The van der Waals surface area contributed by atoms with Gasteiger partial charge in [0.1, 0.15) is 0 Å². The molecule has 0 radical (unpaired) electrons. The van der Waals surface area contributed by atoms with E-state index in [0.29, 0.717) is 0 Å². The molecule has 1 aliphatic heterocycles. The van der Waals surface area contributed by atoms with Crippen molar-refractivity contribution in [2.24, 2.45) is 4.99 Å². The molecule has 0 aromatic heterocycles. The predicted octanol–water partition coefficient (Wildman–Crippen LogP) is 6.27. The standard InChI is InChI=1S/C23H23N3S2/c1-25(2)16-17-27-23(24-18-10-4-3-5-11-18)26-19-12-6-8-14-21(19)28-22-15-9-7-13-20(22)26/h3-15H,16-17H2,1-2H3. The van der Waals surface area contributed by atoms with E-state index in [-0.39, 0.29) is 0 Å². The number of amidine groups is 1. The number of anilines is 2. The zero-order valence-electron chi connectivity index (χ0n) is 16.1. The van der Waals surface area contributed by atoms with Gasteiger partial charge in [-0.1, -0.05) is 66.0 Å². The molecule has 0 unspecified atom stereocenters. The molecule has 0 fully saturated rings. The highest BCUT2D eigenvalue weighted by molar-refractivity contribution is 8.14. The van der Waals surface area contributed by atoms with Crippen molar-refractivity contribution in [3.05, 3.63) is 78.9 Å². The summed E-state index contributed by atoms with van der Waals surface area (Å²) < 4.78 is 0. The molecule has 1 aliphatic rings. The first-order valence-electron chi connectivity index (χ1n) is 9.30. The van der Waals surface area contributed by atoms with Gasteiger partial charge in [-0.15, -0.1) is 0 Å². The molecule has 0 saturated heterocycles. The van der Waals surface area contributed by atoms with E-state index in [9.17, 15) is 0 Å². The molecule has 0 atom stereocenters. The van der Waals surface area contributed by atoms with Gasteiger partial charge in [-0.2, -0.15) is 0 Å². The first-order valence-corrected chi connectivity index (χ1v) is 11.1. The second-order valence-electron chi connectivity index (χ2n) is 6.75. The smallest absolute Gasteiger partial charge is 0.173 e. The predicted molar refractivity (Wildman–Crippen MR) is 124 cm³/mol. The van der Waals surface area contributed by atoms with Crippen LogP contribution >= 0.6 is 23.5 Å². The Kier molecular flexibility index (Phi) is 6.05. The van der Waals surface area contributed by atoms with Gasteiger partial charge in [-0.25, -0.2) is 4.99 Å². The maximum atomic E-state index is 5.05. The molecule has 3 aromatic carbocycles. The maximum Gasteiger partial charge on any atom is 0.173 e. The Balaban J connectivity index is 1.80. The van der Waals surface area contributed by atoms with Gasteiger partial charge in [0.15, 0.2) is 5.17 Å². The monoisotopic (exact) mass is 405 g/mol. The van der Waals surface area contributed by atoms with Crippen LogP contribution in [0.4, 0.5) is 17.1 Å². The molecule has 0 bridgehead atoms. The lowest BCUT2D eigenvalue weighted by molar-refractivity contribution is 0.437. The number of benzene rings is 3. The van der Waals surface area contributed by atoms with Crippen LogP contribution in [0.2, 0.25) is 0 Å². The SMILES string of the molecule is CN(C)CCSC(=Nc1ccccc1)N1c2ccccc2Sc2ccccc21.